The number of pyridine rings is 1. The van der Waals surface area contributed by atoms with Crippen molar-refractivity contribution in [2.75, 3.05) is 7.11 Å². The number of fused-ring (bicyclic) bond motifs is 1. The van der Waals surface area contributed by atoms with Crippen molar-refractivity contribution in [3.63, 3.8) is 0 Å². The third-order valence-corrected chi connectivity index (χ3v) is 2.97. The van der Waals surface area contributed by atoms with Gasteiger partial charge in [-0.3, -0.25) is 9.78 Å². The van der Waals surface area contributed by atoms with Crippen LogP contribution in [0.25, 0.3) is 10.9 Å². The Balaban J connectivity index is 2.79. The maximum Gasteiger partial charge on any atom is 0.307 e. The molecule has 2 rings (SSSR count). The number of aryl methyl sites for hydroxylation is 1. The molecule has 0 spiro atoms. The number of methoxy groups -OCH3 is 1. The van der Waals surface area contributed by atoms with Crippen LogP contribution in [0.15, 0.2) is 18.2 Å². The molecule has 0 unspecified atom stereocenters. The summed E-state index contributed by atoms with van der Waals surface area (Å²) in [6.07, 6.45) is -0.148. The molecule has 0 fully saturated rings. The van der Waals surface area contributed by atoms with E-state index >= 15 is 0 Å². The zero-order valence-corrected chi connectivity index (χ0v) is 10.8. The lowest BCUT2D eigenvalue weighted by molar-refractivity contribution is -0.136. The molecule has 4 nitrogen and oxygen atoms in total. The van der Waals surface area contributed by atoms with Crippen LogP contribution < -0.4 is 4.74 Å². The first-order valence-corrected chi connectivity index (χ1v) is 5.75. The van der Waals surface area contributed by atoms with E-state index in [2.05, 4.69) is 4.98 Å². The van der Waals surface area contributed by atoms with Gasteiger partial charge in [-0.25, -0.2) is 0 Å². The maximum atomic E-state index is 10.9. The maximum absolute atomic E-state index is 10.9. The Morgan fingerprint density at radius 3 is 2.83 bits per heavy atom. The first-order valence-electron chi connectivity index (χ1n) is 5.37. The summed E-state index contributed by atoms with van der Waals surface area (Å²) in [6, 6.07) is 5.20. The molecule has 2 aromatic rings. The minimum absolute atomic E-state index is 0.148. The first-order chi connectivity index (χ1) is 8.52. The van der Waals surface area contributed by atoms with E-state index in [1.54, 1.807) is 18.2 Å². The van der Waals surface area contributed by atoms with Gasteiger partial charge in [-0.2, -0.15) is 0 Å². The van der Waals surface area contributed by atoms with Crippen molar-refractivity contribution in [1.82, 2.24) is 4.98 Å². The van der Waals surface area contributed by atoms with Crippen LogP contribution in [-0.4, -0.2) is 23.2 Å². The molecule has 1 heterocycles. The number of halogens is 1. The van der Waals surface area contributed by atoms with Crippen LogP contribution in [0.2, 0.25) is 5.02 Å². The second kappa shape index (κ2) is 4.82. The lowest BCUT2D eigenvalue weighted by Gasteiger charge is -2.11. The number of ether oxygens (including phenoxy) is 1. The van der Waals surface area contributed by atoms with Gasteiger partial charge in [0.1, 0.15) is 5.75 Å². The highest BCUT2D eigenvalue weighted by atomic mass is 35.5. The number of benzene rings is 1. The summed E-state index contributed by atoms with van der Waals surface area (Å²) >= 11 is 6.19. The van der Waals surface area contributed by atoms with Gasteiger partial charge in [0, 0.05) is 16.6 Å². The normalized spacial score (nSPS) is 10.6. The highest BCUT2D eigenvalue weighted by molar-refractivity contribution is 6.35. The fraction of sp³-hybridized carbons (Fsp3) is 0.231. The molecular formula is C13H12ClNO3. The Morgan fingerprint density at radius 2 is 2.22 bits per heavy atom. The van der Waals surface area contributed by atoms with E-state index in [0.717, 1.165) is 5.69 Å². The number of carboxylic acids is 1. The summed E-state index contributed by atoms with van der Waals surface area (Å²) in [4.78, 5) is 15.3. The van der Waals surface area contributed by atoms with Crippen LogP contribution in [0, 0.1) is 6.92 Å². The minimum atomic E-state index is -0.933. The molecule has 0 radical (unpaired) electrons. The van der Waals surface area contributed by atoms with Gasteiger partial charge in [0.25, 0.3) is 0 Å². The van der Waals surface area contributed by atoms with Crippen LogP contribution in [0.3, 0.4) is 0 Å². The predicted octanol–water partition coefficient (Wildman–Crippen LogP) is 2.83. The average molecular weight is 266 g/mol. The number of aliphatic carboxylic acids is 1. The van der Waals surface area contributed by atoms with Gasteiger partial charge >= 0.3 is 5.97 Å². The van der Waals surface area contributed by atoms with Crippen molar-refractivity contribution >= 4 is 28.5 Å². The van der Waals surface area contributed by atoms with Crippen molar-refractivity contribution in [2.45, 2.75) is 13.3 Å². The van der Waals surface area contributed by atoms with Crippen LogP contribution in [-0.2, 0) is 11.2 Å². The second-order valence-electron chi connectivity index (χ2n) is 3.96. The number of hydrogen-bond donors (Lipinski definition) is 1. The zero-order chi connectivity index (χ0) is 13.3. The van der Waals surface area contributed by atoms with Crippen LogP contribution in [0.4, 0.5) is 0 Å². The molecule has 18 heavy (non-hydrogen) atoms. The number of rotatable bonds is 3. The Bertz CT molecular complexity index is 625. The molecule has 1 aromatic carbocycles. The van der Waals surface area contributed by atoms with Gasteiger partial charge in [-0.1, -0.05) is 11.6 Å². The summed E-state index contributed by atoms with van der Waals surface area (Å²) in [5, 5.41) is 10.1. The third kappa shape index (κ3) is 2.24. The van der Waals surface area contributed by atoms with Crippen molar-refractivity contribution in [2.24, 2.45) is 0 Å². The number of hydrogen-bond acceptors (Lipinski definition) is 3. The van der Waals surface area contributed by atoms with Crippen LogP contribution in [0.1, 0.15) is 11.3 Å². The van der Waals surface area contributed by atoms with E-state index in [4.69, 9.17) is 21.4 Å². The predicted molar refractivity (Wildman–Crippen MR) is 69.4 cm³/mol. The number of carboxylic acid groups (broad SMARTS) is 1. The molecule has 1 N–H and O–H groups in total. The molecule has 1 aromatic heterocycles. The van der Waals surface area contributed by atoms with Gasteiger partial charge in [0.05, 0.1) is 24.1 Å². The Labute approximate surface area is 109 Å². The fourth-order valence-corrected chi connectivity index (χ4v) is 2.34. The molecule has 94 valence electrons. The smallest absolute Gasteiger partial charge is 0.307 e. The lowest BCUT2D eigenvalue weighted by atomic mass is 10.0. The Kier molecular flexibility index (Phi) is 3.39. The quantitative estimate of drug-likeness (QED) is 0.927. The third-order valence-electron chi connectivity index (χ3n) is 2.67. The van der Waals surface area contributed by atoms with Crippen molar-refractivity contribution in [1.29, 1.82) is 0 Å². The topological polar surface area (TPSA) is 59.4 Å². The molecule has 0 aliphatic rings. The molecule has 0 atom stereocenters. The highest BCUT2D eigenvalue weighted by Gasteiger charge is 2.15. The molecule has 0 saturated heterocycles. The summed E-state index contributed by atoms with van der Waals surface area (Å²) in [7, 11) is 1.50. The number of aromatic nitrogens is 1. The monoisotopic (exact) mass is 265 g/mol. The second-order valence-corrected chi connectivity index (χ2v) is 4.36. The van der Waals surface area contributed by atoms with Crippen LogP contribution >= 0.6 is 11.6 Å². The minimum Gasteiger partial charge on any atom is -0.496 e. The summed E-state index contributed by atoms with van der Waals surface area (Å²) in [6.45, 7) is 1.84. The fourth-order valence-electron chi connectivity index (χ4n) is 1.97. The first kappa shape index (κ1) is 12.6. The largest absolute Gasteiger partial charge is 0.496 e. The Hall–Kier alpha value is -1.81. The number of nitrogens with zero attached hydrogens (tertiary/aromatic N) is 1. The van der Waals surface area contributed by atoms with E-state index in [-0.39, 0.29) is 6.42 Å². The Morgan fingerprint density at radius 1 is 1.50 bits per heavy atom. The molecule has 0 amide bonds. The van der Waals surface area contributed by atoms with E-state index < -0.39 is 5.97 Å². The van der Waals surface area contributed by atoms with Gasteiger partial charge in [-0.05, 0) is 25.1 Å². The molecule has 0 saturated carbocycles. The standard InChI is InChI=1S/C13H12ClNO3/c1-7-5-9(14)13-8(6-12(16)17)11(18-2)4-3-10(13)15-7/h3-5H,6H2,1-2H3,(H,16,17). The van der Waals surface area contributed by atoms with E-state index in [9.17, 15) is 4.79 Å². The summed E-state index contributed by atoms with van der Waals surface area (Å²) in [5.41, 5.74) is 2.02. The average Bonchev–Trinajstić information content (AvgIpc) is 2.27. The molecular weight excluding hydrogens is 254 g/mol. The van der Waals surface area contributed by atoms with E-state index in [1.807, 2.05) is 6.92 Å². The summed E-state index contributed by atoms with van der Waals surface area (Å²) in [5.74, 6) is -0.421. The van der Waals surface area contributed by atoms with Crippen LogP contribution in [0.5, 0.6) is 5.75 Å². The van der Waals surface area contributed by atoms with Gasteiger partial charge in [-0.15, -0.1) is 0 Å². The highest BCUT2D eigenvalue weighted by Crippen LogP contribution is 2.33. The number of carbonyl (C=O) groups is 1. The molecule has 5 heteroatoms. The van der Waals surface area contributed by atoms with E-state index in [1.165, 1.54) is 7.11 Å². The van der Waals surface area contributed by atoms with E-state index in [0.29, 0.717) is 27.2 Å². The van der Waals surface area contributed by atoms with Crippen molar-refractivity contribution in [3.8, 4) is 5.75 Å². The van der Waals surface area contributed by atoms with Gasteiger partial charge in [0.15, 0.2) is 0 Å². The molecule has 0 aliphatic heterocycles. The molecule has 0 aliphatic carbocycles. The summed E-state index contributed by atoms with van der Waals surface area (Å²) < 4.78 is 5.19. The lowest BCUT2D eigenvalue weighted by Crippen LogP contribution is -2.04. The van der Waals surface area contributed by atoms with Crippen molar-refractivity contribution in [3.05, 3.63) is 34.5 Å². The van der Waals surface area contributed by atoms with Gasteiger partial charge in [0.2, 0.25) is 0 Å². The van der Waals surface area contributed by atoms with Gasteiger partial charge < -0.3 is 9.84 Å². The SMILES string of the molecule is COc1ccc2nc(C)cc(Cl)c2c1CC(=O)O. The molecule has 0 bridgehead atoms. The zero-order valence-electron chi connectivity index (χ0n) is 10.0. The van der Waals surface area contributed by atoms with Crippen molar-refractivity contribution < 1.29 is 14.6 Å².